The van der Waals surface area contributed by atoms with Crippen LogP contribution in [-0.4, -0.2) is 44.3 Å². The van der Waals surface area contributed by atoms with Gasteiger partial charge in [-0.2, -0.15) is 0 Å². The van der Waals surface area contributed by atoms with Gasteiger partial charge in [0.05, 0.1) is 20.6 Å². The molecule has 0 saturated carbocycles. The third-order valence-corrected chi connectivity index (χ3v) is 9.26. The van der Waals surface area contributed by atoms with E-state index in [9.17, 15) is 18.0 Å². The zero-order chi connectivity index (χ0) is 29.6. The lowest BCUT2D eigenvalue weighted by Crippen LogP contribution is -2.51. The minimum atomic E-state index is -4.25. The third-order valence-electron chi connectivity index (χ3n) is 6.18. The number of halogens is 3. The molecule has 3 rings (SSSR count). The largest absolute Gasteiger partial charge is 0.354 e. The van der Waals surface area contributed by atoms with Gasteiger partial charge < -0.3 is 10.2 Å². The summed E-state index contributed by atoms with van der Waals surface area (Å²) in [5, 5.41) is 3.00. The molecule has 0 bridgehead atoms. The van der Waals surface area contributed by atoms with Gasteiger partial charge in [0.1, 0.15) is 12.6 Å². The number of anilines is 1. The van der Waals surface area contributed by atoms with Gasteiger partial charge in [0, 0.05) is 17.6 Å². The summed E-state index contributed by atoms with van der Waals surface area (Å²) in [7, 11) is -4.25. The van der Waals surface area contributed by atoms with Crippen molar-refractivity contribution in [1.82, 2.24) is 10.2 Å². The van der Waals surface area contributed by atoms with Gasteiger partial charge in [-0.1, -0.05) is 88.9 Å². The highest BCUT2D eigenvalue weighted by molar-refractivity contribution is 9.10. The maximum absolute atomic E-state index is 14.0. The van der Waals surface area contributed by atoms with Gasteiger partial charge >= 0.3 is 0 Å². The summed E-state index contributed by atoms with van der Waals surface area (Å²) in [5.74, 6) is -0.713. The van der Waals surface area contributed by atoms with Gasteiger partial charge in [-0.3, -0.25) is 13.9 Å². The van der Waals surface area contributed by atoms with Crippen molar-refractivity contribution in [2.24, 2.45) is 5.92 Å². The first-order chi connectivity index (χ1) is 18.8. The van der Waals surface area contributed by atoms with E-state index in [4.69, 9.17) is 23.2 Å². The zero-order valence-electron chi connectivity index (χ0n) is 22.7. The molecule has 0 unspecified atom stereocenters. The predicted octanol–water partition coefficient (Wildman–Crippen LogP) is 6.45. The molecule has 0 saturated heterocycles. The fourth-order valence-corrected chi connectivity index (χ4v) is 6.22. The number of hydrogen-bond donors (Lipinski definition) is 1. The van der Waals surface area contributed by atoms with E-state index in [0.717, 1.165) is 19.9 Å². The Labute approximate surface area is 254 Å². The molecule has 0 aliphatic carbocycles. The van der Waals surface area contributed by atoms with Crippen LogP contribution >= 0.6 is 39.1 Å². The van der Waals surface area contributed by atoms with E-state index in [0.29, 0.717) is 6.54 Å². The van der Waals surface area contributed by atoms with Crippen molar-refractivity contribution in [2.75, 3.05) is 17.4 Å². The Kier molecular flexibility index (Phi) is 11.1. The van der Waals surface area contributed by atoms with E-state index >= 15 is 0 Å². The zero-order valence-corrected chi connectivity index (χ0v) is 26.6. The van der Waals surface area contributed by atoms with Crippen LogP contribution in [0.2, 0.25) is 10.0 Å². The number of rotatable bonds is 11. The van der Waals surface area contributed by atoms with Crippen LogP contribution in [0.3, 0.4) is 0 Å². The minimum Gasteiger partial charge on any atom is -0.354 e. The topological polar surface area (TPSA) is 86.8 Å². The molecule has 0 aliphatic heterocycles. The van der Waals surface area contributed by atoms with Crippen LogP contribution in [0.25, 0.3) is 0 Å². The first-order valence-electron chi connectivity index (χ1n) is 12.7. The number of hydrogen-bond acceptors (Lipinski definition) is 4. The summed E-state index contributed by atoms with van der Waals surface area (Å²) in [6, 6.07) is 17.3. The Morgan fingerprint density at radius 1 is 0.975 bits per heavy atom. The molecular weight excluding hydrogens is 637 g/mol. The fourth-order valence-electron chi connectivity index (χ4n) is 3.90. The molecule has 0 spiro atoms. The highest BCUT2D eigenvalue weighted by Crippen LogP contribution is 2.35. The lowest BCUT2D eigenvalue weighted by atomic mass is 10.1. The fraction of sp³-hybridized carbons (Fsp3) is 0.310. The van der Waals surface area contributed by atoms with Gasteiger partial charge in [0.2, 0.25) is 11.8 Å². The van der Waals surface area contributed by atoms with Crippen molar-refractivity contribution >= 4 is 66.7 Å². The molecule has 11 heteroatoms. The Hall–Kier alpha value is -2.59. The van der Waals surface area contributed by atoms with Gasteiger partial charge in [-0.05, 0) is 61.7 Å². The second kappa shape index (κ2) is 13.9. The van der Waals surface area contributed by atoms with Gasteiger partial charge in [0.25, 0.3) is 10.0 Å². The van der Waals surface area contributed by atoms with Crippen LogP contribution in [-0.2, 0) is 26.2 Å². The van der Waals surface area contributed by atoms with Crippen molar-refractivity contribution in [3.8, 4) is 0 Å². The maximum Gasteiger partial charge on any atom is 0.264 e. The van der Waals surface area contributed by atoms with Crippen LogP contribution in [0.4, 0.5) is 5.69 Å². The van der Waals surface area contributed by atoms with E-state index in [1.807, 2.05) is 45.0 Å². The summed E-state index contributed by atoms with van der Waals surface area (Å²) in [5.41, 5.74) is 1.70. The van der Waals surface area contributed by atoms with Crippen LogP contribution in [0.15, 0.2) is 76.1 Å². The molecule has 0 aromatic heterocycles. The normalized spacial score (nSPS) is 12.2. The van der Waals surface area contributed by atoms with Crippen LogP contribution < -0.4 is 9.62 Å². The number of nitrogens with one attached hydrogen (secondary N) is 1. The summed E-state index contributed by atoms with van der Waals surface area (Å²) in [6.07, 6.45) is 0. The Morgan fingerprint density at radius 3 is 2.25 bits per heavy atom. The highest BCUT2D eigenvalue weighted by atomic mass is 79.9. The number of nitrogens with zero attached hydrogens (tertiary/aromatic N) is 2. The number of sulfonamides is 1. The maximum atomic E-state index is 14.0. The van der Waals surface area contributed by atoms with Crippen LogP contribution in [0.1, 0.15) is 31.9 Å². The van der Waals surface area contributed by atoms with Crippen LogP contribution in [0, 0.1) is 12.8 Å². The van der Waals surface area contributed by atoms with E-state index in [2.05, 4.69) is 21.2 Å². The van der Waals surface area contributed by atoms with E-state index < -0.39 is 28.5 Å². The first-order valence-corrected chi connectivity index (χ1v) is 15.6. The van der Waals surface area contributed by atoms with Gasteiger partial charge in [-0.25, -0.2) is 8.42 Å². The molecule has 7 nitrogen and oxygen atoms in total. The number of benzene rings is 3. The van der Waals surface area contributed by atoms with E-state index in [1.165, 1.54) is 29.2 Å². The Balaban J connectivity index is 2.06. The molecule has 2 amide bonds. The molecule has 0 heterocycles. The molecule has 0 fully saturated rings. The number of carbonyl (C=O) groups is 2. The molecule has 3 aromatic carbocycles. The molecular formula is C29H32BrCl2N3O4S. The lowest BCUT2D eigenvalue weighted by molar-refractivity contribution is -0.139. The SMILES string of the molecule is Cc1ccc(S(=O)(=O)N(CC(=O)N(Cc2cccc(Br)c2)[C@H](C)C(=O)NCC(C)C)c2cccc(Cl)c2Cl)cc1. The minimum absolute atomic E-state index is 0.00563. The predicted molar refractivity (Wildman–Crippen MR) is 164 cm³/mol. The monoisotopic (exact) mass is 667 g/mol. The van der Waals surface area contributed by atoms with Crippen molar-refractivity contribution in [3.05, 3.63) is 92.4 Å². The lowest BCUT2D eigenvalue weighted by Gasteiger charge is -2.32. The van der Waals surface area contributed by atoms with Crippen LogP contribution in [0.5, 0.6) is 0 Å². The second-order valence-electron chi connectivity index (χ2n) is 9.86. The van der Waals surface area contributed by atoms with E-state index in [1.54, 1.807) is 25.1 Å². The molecule has 1 N–H and O–H groups in total. The van der Waals surface area contributed by atoms with Gasteiger partial charge in [0.15, 0.2) is 0 Å². The number of carbonyl (C=O) groups excluding carboxylic acids is 2. The smallest absolute Gasteiger partial charge is 0.264 e. The average molecular weight is 669 g/mol. The summed E-state index contributed by atoms with van der Waals surface area (Å²) in [6.45, 7) is 7.32. The first kappa shape index (κ1) is 31.9. The van der Waals surface area contributed by atoms with Gasteiger partial charge in [-0.15, -0.1) is 0 Å². The van der Waals surface area contributed by atoms with Crippen molar-refractivity contribution in [3.63, 3.8) is 0 Å². The van der Waals surface area contributed by atoms with Crippen molar-refractivity contribution in [1.29, 1.82) is 0 Å². The van der Waals surface area contributed by atoms with Crippen molar-refractivity contribution in [2.45, 2.75) is 45.2 Å². The molecule has 0 radical (unpaired) electrons. The quantitative estimate of drug-likeness (QED) is 0.255. The molecule has 3 aromatic rings. The van der Waals surface area contributed by atoms with Crippen molar-refractivity contribution < 1.29 is 18.0 Å². The number of amides is 2. The Bertz CT molecular complexity index is 1470. The number of aryl methyl sites for hydroxylation is 1. The molecule has 0 aliphatic rings. The summed E-state index contributed by atoms with van der Waals surface area (Å²) < 4.78 is 29.6. The average Bonchev–Trinajstić information content (AvgIpc) is 2.90. The summed E-state index contributed by atoms with van der Waals surface area (Å²) >= 11 is 16.2. The summed E-state index contributed by atoms with van der Waals surface area (Å²) in [4.78, 5) is 28.4. The molecule has 1 atom stereocenters. The second-order valence-corrected chi connectivity index (χ2v) is 13.4. The standard InChI is InChI=1S/C29H32BrCl2N3O4S/c1-19(2)16-33-29(37)21(4)34(17-22-7-5-8-23(30)15-22)27(36)18-35(26-10-6-9-25(31)28(26)32)40(38,39)24-13-11-20(3)12-14-24/h5-15,19,21H,16-18H2,1-4H3,(H,33,37)/t21-/m1/s1. The molecule has 214 valence electrons. The Morgan fingerprint density at radius 2 is 1.62 bits per heavy atom. The van der Waals surface area contributed by atoms with E-state index in [-0.39, 0.29) is 39.0 Å². The highest BCUT2D eigenvalue weighted by Gasteiger charge is 2.33. The third kappa shape index (κ3) is 8.00. The molecule has 40 heavy (non-hydrogen) atoms.